The molecule has 1 aromatic heterocycles. The molecule has 17 heavy (non-hydrogen) atoms. The Labute approximate surface area is 104 Å². The van der Waals surface area contributed by atoms with E-state index in [1.165, 1.54) is 11.6 Å². The number of nitrogens with one attached hydrogen (secondary N) is 1. The van der Waals surface area contributed by atoms with Crippen molar-refractivity contribution in [2.24, 2.45) is 5.73 Å². The number of aromatic amines is 1. The lowest BCUT2D eigenvalue weighted by molar-refractivity contribution is 0.550. The molecule has 2 heterocycles. The van der Waals surface area contributed by atoms with Crippen LogP contribution >= 0.6 is 11.8 Å². The number of hydrogen-bond acceptors (Lipinski definition) is 2. The van der Waals surface area contributed by atoms with Crippen LogP contribution in [0.3, 0.4) is 0 Å². The quantitative estimate of drug-likeness (QED) is 0.817. The van der Waals surface area contributed by atoms with Gasteiger partial charge in [0.25, 0.3) is 0 Å². The summed E-state index contributed by atoms with van der Waals surface area (Å²) >= 11 is 1.93. The predicted octanol–water partition coefficient (Wildman–Crippen LogP) is 2.85. The molecule has 0 bridgehead atoms. The van der Waals surface area contributed by atoms with Gasteiger partial charge >= 0.3 is 0 Å². The second-order valence-corrected chi connectivity index (χ2v) is 5.72. The minimum Gasteiger partial charge on any atom is -0.361 e. The van der Waals surface area contributed by atoms with E-state index in [4.69, 9.17) is 5.73 Å². The molecule has 1 aliphatic rings. The van der Waals surface area contributed by atoms with E-state index in [9.17, 15) is 4.39 Å². The fourth-order valence-corrected chi connectivity index (χ4v) is 3.78. The third-order valence-corrected chi connectivity index (χ3v) is 4.60. The summed E-state index contributed by atoms with van der Waals surface area (Å²) in [4.78, 5) is 3.20. The van der Waals surface area contributed by atoms with Crippen LogP contribution in [0.15, 0.2) is 24.4 Å². The van der Waals surface area contributed by atoms with Gasteiger partial charge < -0.3 is 10.7 Å². The molecular weight excluding hydrogens is 235 g/mol. The molecule has 1 saturated heterocycles. The minimum atomic E-state index is -0.185. The van der Waals surface area contributed by atoms with Gasteiger partial charge in [0.05, 0.1) is 0 Å². The summed E-state index contributed by atoms with van der Waals surface area (Å²) < 4.78 is 13.3. The second kappa shape index (κ2) is 4.35. The van der Waals surface area contributed by atoms with Gasteiger partial charge in [-0.1, -0.05) is 0 Å². The highest BCUT2D eigenvalue weighted by Crippen LogP contribution is 2.34. The van der Waals surface area contributed by atoms with Crippen molar-refractivity contribution < 1.29 is 4.39 Å². The molecule has 2 aromatic rings. The lowest BCUT2D eigenvalue weighted by Gasteiger charge is -2.28. The van der Waals surface area contributed by atoms with E-state index in [0.29, 0.717) is 5.92 Å². The van der Waals surface area contributed by atoms with Crippen LogP contribution in [0.4, 0.5) is 4.39 Å². The number of H-pyrrole nitrogens is 1. The van der Waals surface area contributed by atoms with E-state index in [1.54, 1.807) is 12.1 Å². The molecule has 1 fully saturated rings. The first-order valence-corrected chi connectivity index (χ1v) is 7.01. The van der Waals surface area contributed by atoms with E-state index in [-0.39, 0.29) is 11.9 Å². The van der Waals surface area contributed by atoms with Crippen LogP contribution in [0.1, 0.15) is 17.9 Å². The summed E-state index contributed by atoms with van der Waals surface area (Å²) in [6.07, 6.45) is 3.03. The Morgan fingerprint density at radius 1 is 1.41 bits per heavy atom. The van der Waals surface area contributed by atoms with Gasteiger partial charge in [0.15, 0.2) is 0 Å². The highest BCUT2D eigenvalue weighted by atomic mass is 32.2. The van der Waals surface area contributed by atoms with Crippen LogP contribution in [0.25, 0.3) is 10.9 Å². The molecule has 2 unspecified atom stereocenters. The summed E-state index contributed by atoms with van der Waals surface area (Å²) in [7, 11) is 0. The fourth-order valence-electron chi connectivity index (χ4n) is 2.50. The topological polar surface area (TPSA) is 41.8 Å². The Hall–Kier alpha value is -1.00. The first-order chi connectivity index (χ1) is 8.25. The van der Waals surface area contributed by atoms with E-state index in [2.05, 4.69) is 4.98 Å². The van der Waals surface area contributed by atoms with E-state index >= 15 is 0 Å². The first-order valence-electron chi connectivity index (χ1n) is 5.85. The smallest absolute Gasteiger partial charge is 0.123 e. The zero-order chi connectivity index (χ0) is 11.8. The Morgan fingerprint density at radius 2 is 2.29 bits per heavy atom. The molecule has 0 spiro atoms. The first kappa shape index (κ1) is 11.1. The average molecular weight is 250 g/mol. The summed E-state index contributed by atoms with van der Waals surface area (Å²) in [6.45, 7) is 0. The van der Waals surface area contributed by atoms with Gasteiger partial charge in [-0.2, -0.15) is 11.8 Å². The molecule has 0 amide bonds. The monoisotopic (exact) mass is 250 g/mol. The maximum atomic E-state index is 13.3. The van der Waals surface area contributed by atoms with Crippen molar-refractivity contribution in [2.45, 2.75) is 18.4 Å². The highest BCUT2D eigenvalue weighted by Gasteiger charge is 2.25. The normalized spacial score (nSPS) is 25.3. The van der Waals surface area contributed by atoms with Crippen LogP contribution in [0.5, 0.6) is 0 Å². The van der Waals surface area contributed by atoms with Crippen molar-refractivity contribution in [1.29, 1.82) is 0 Å². The van der Waals surface area contributed by atoms with E-state index < -0.39 is 0 Å². The molecule has 3 N–H and O–H groups in total. The Kier molecular flexibility index (Phi) is 2.84. The van der Waals surface area contributed by atoms with Gasteiger partial charge in [-0.25, -0.2) is 4.39 Å². The maximum absolute atomic E-state index is 13.3. The number of hydrogen-bond donors (Lipinski definition) is 2. The zero-order valence-electron chi connectivity index (χ0n) is 9.45. The number of rotatable bonds is 1. The van der Waals surface area contributed by atoms with Crippen molar-refractivity contribution in [3.63, 3.8) is 0 Å². The van der Waals surface area contributed by atoms with Crippen LogP contribution in [-0.4, -0.2) is 22.5 Å². The van der Waals surface area contributed by atoms with Crippen LogP contribution in [0, 0.1) is 5.82 Å². The SMILES string of the molecule is NC1CCSCC1c1c[nH]c2ccc(F)cc12. The Balaban J connectivity index is 2.07. The summed E-state index contributed by atoms with van der Waals surface area (Å²) in [5, 5.41) is 0.980. The fraction of sp³-hybridized carbons (Fsp3) is 0.385. The molecule has 1 aromatic carbocycles. The zero-order valence-corrected chi connectivity index (χ0v) is 10.3. The van der Waals surface area contributed by atoms with Gasteiger partial charge in [-0.3, -0.25) is 0 Å². The lowest BCUT2D eigenvalue weighted by Crippen LogP contribution is -2.33. The largest absolute Gasteiger partial charge is 0.361 e. The van der Waals surface area contributed by atoms with Crippen molar-refractivity contribution >= 4 is 22.7 Å². The Bertz CT molecular complexity index is 537. The summed E-state index contributed by atoms with van der Waals surface area (Å²) in [5.74, 6) is 2.32. The molecule has 90 valence electrons. The van der Waals surface area contributed by atoms with Crippen molar-refractivity contribution in [3.05, 3.63) is 35.8 Å². The second-order valence-electron chi connectivity index (χ2n) is 4.57. The third kappa shape index (κ3) is 1.96. The molecular formula is C13H15FN2S. The van der Waals surface area contributed by atoms with E-state index in [0.717, 1.165) is 28.8 Å². The number of nitrogens with two attached hydrogens (primary N) is 1. The van der Waals surface area contributed by atoms with Crippen molar-refractivity contribution in [1.82, 2.24) is 4.98 Å². The van der Waals surface area contributed by atoms with Crippen LogP contribution < -0.4 is 5.73 Å². The maximum Gasteiger partial charge on any atom is 0.123 e. The third-order valence-electron chi connectivity index (χ3n) is 3.49. The van der Waals surface area contributed by atoms with Gasteiger partial charge in [0.2, 0.25) is 0 Å². The van der Waals surface area contributed by atoms with Crippen LogP contribution in [-0.2, 0) is 0 Å². The lowest BCUT2D eigenvalue weighted by atomic mass is 9.91. The van der Waals surface area contributed by atoms with Gasteiger partial charge in [-0.15, -0.1) is 0 Å². The molecule has 4 heteroatoms. The Morgan fingerprint density at radius 3 is 3.12 bits per heavy atom. The molecule has 2 atom stereocenters. The molecule has 0 radical (unpaired) electrons. The highest BCUT2D eigenvalue weighted by molar-refractivity contribution is 7.99. The number of fused-ring (bicyclic) bond motifs is 1. The van der Waals surface area contributed by atoms with Crippen LogP contribution in [0.2, 0.25) is 0 Å². The molecule has 2 nitrogen and oxygen atoms in total. The number of halogens is 1. The average Bonchev–Trinajstić information content (AvgIpc) is 2.72. The van der Waals surface area contributed by atoms with Gasteiger partial charge in [0, 0.05) is 34.8 Å². The van der Waals surface area contributed by atoms with Gasteiger partial charge in [-0.05, 0) is 35.9 Å². The molecule has 0 saturated carbocycles. The number of thioether (sulfide) groups is 1. The molecule has 0 aliphatic carbocycles. The van der Waals surface area contributed by atoms with Crippen molar-refractivity contribution in [2.75, 3.05) is 11.5 Å². The molecule has 1 aliphatic heterocycles. The minimum absolute atomic E-state index is 0.185. The number of aromatic nitrogens is 1. The van der Waals surface area contributed by atoms with Gasteiger partial charge in [0.1, 0.15) is 5.82 Å². The van der Waals surface area contributed by atoms with Crippen molar-refractivity contribution in [3.8, 4) is 0 Å². The summed E-state index contributed by atoms with van der Waals surface area (Å²) in [5.41, 5.74) is 8.33. The summed E-state index contributed by atoms with van der Waals surface area (Å²) in [6, 6.07) is 5.07. The van der Waals surface area contributed by atoms with E-state index in [1.807, 2.05) is 18.0 Å². The molecule has 3 rings (SSSR count). The number of benzene rings is 1. The predicted molar refractivity (Wildman–Crippen MR) is 70.9 cm³/mol. The standard InChI is InChI=1S/C13H15FN2S/c14-8-1-2-13-9(5-8)10(6-16-13)11-7-17-4-3-12(11)15/h1-2,5-6,11-12,16H,3-4,7,15H2.